The molecule has 0 unspecified atom stereocenters. The van der Waals surface area contributed by atoms with E-state index in [0.29, 0.717) is 31.0 Å². The summed E-state index contributed by atoms with van der Waals surface area (Å²) >= 11 is 0. The molecule has 5 atom stereocenters. The summed E-state index contributed by atoms with van der Waals surface area (Å²) in [6, 6.07) is 17.9. The second kappa shape index (κ2) is 7.32. The lowest BCUT2D eigenvalue weighted by Gasteiger charge is -2.38. The zero-order chi connectivity index (χ0) is 21.8. The molecule has 3 aliphatic rings. The van der Waals surface area contributed by atoms with Gasteiger partial charge >= 0.3 is 11.4 Å². The zero-order valence-electron chi connectivity index (χ0n) is 17.2. The molecule has 3 heterocycles. The van der Waals surface area contributed by atoms with Crippen molar-refractivity contribution in [3.8, 4) is 5.69 Å². The van der Waals surface area contributed by atoms with E-state index in [-0.39, 0.29) is 12.0 Å². The Kier molecular flexibility index (Phi) is 4.41. The third-order valence-corrected chi connectivity index (χ3v) is 6.55. The number of ether oxygens (including phenoxy) is 1. The van der Waals surface area contributed by atoms with Crippen LogP contribution in [0.3, 0.4) is 0 Å². The lowest BCUT2D eigenvalue weighted by molar-refractivity contribution is 0.0320. The highest BCUT2D eigenvalue weighted by Crippen LogP contribution is 2.46. The molecule has 2 fully saturated rings. The summed E-state index contributed by atoms with van der Waals surface area (Å²) in [5, 5.41) is 15.4. The Morgan fingerprint density at radius 1 is 1.03 bits per heavy atom. The number of nitrogens with zero attached hydrogens (tertiary/aromatic N) is 4. The predicted octanol–water partition coefficient (Wildman–Crippen LogP) is 1.08. The van der Waals surface area contributed by atoms with Gasteiger partial charge in [-0.25, -0.2) is 23.5 Å². The van der Waals surface area contributed by atoms with Gasteiger partial charge in [-0.1, -0.05) is 53.7 Å². The normalized spacial score (nSPS) is 29.2. The molecule has 1 saturated heterocycles. The second-order valence-corrected chi connectivity index (χ2v) is 8.38. The van der Waals surface area contributed by atoms with Gasteiger partial charge in [0, 0.05) is 12.5 Å². The summed E-state index contributed by atoms with van der Waals surface area (Å²) < 4.78 is 9.66. The van der Waals surface area contributed by atoms with Gasteiger partial charge in [0.2, 0.25) is 0 Å². The van der Waals surface area contributed by atoms with Crippen LogP contribution in [0, 0.1) is 5.92 Å². The summed E-state index contributed by atoms with van der Waals surface area (Å²) in [5.41, 5.74) is 1.30. The van der Waals surface area contributed by atoms with E-state index < -0.39 is 29.6 Å². The minimum Gasteiger partial charge on any atom is -0.391 e. The Morgan fingerprint density at radius 3 is 2.50 bits per heavy atom. The fourth-order valence-electron chi connectivity index (χ4n) is 5.00. The van der Waals surface area contributed by atoms with Gasteiger partial charge in [0.1, 0.15) is 24.9 Å². The Morgan fingerprint density at radius 2 is 1.75 bits per heavy atom. The van der Waals surface area contributed by atoms with Crippen molar-refractivity contribution >= 4 is 5.71 Å². The number of oxime groups is 1. The summed E-state index contributed by atoms with van der Waals surface area (Å²) in [7, 11) is 0. The molecule has 0 amide bonds. The van der Waals surface area contributed by atoms with E-state index in [2.05, 4.69) is 5.16 Å². The zero-order valence-corrected chi connectivity index (χ0v) is 17.2. The SMILES string of the molecule is O=c1n(-c2ccccc2)c(=O)n2n1CC[C@@H]1C(=NOCc3ccccc3)[C@H]3O[C@H]3[C@@H](O)[C@@H]12. The molecule has 6 rings (SSSR count). The van der Waals surface area contributed by atoms with E-state index in [1.165, 1.54) is 9.36 Å². The van der Waals surface area contributed by atoms with E-state index in [9.17, 15) is 14.7 Å². The van der Waals surface area contributed by atoms with Gasteiger partial charge in [-0.15, -0.1) is 0 Å². The number of aromatic nitrogens is 3. The van der Waals surface area contributed by atoms with Gasteiger partial charge in [0.25, 0.3) is 0 Å². The van der Waals surface area contributed by atoms with Gasteiger partial charge < -0.3 is 14.7 Å². The molecule has 9 heteroatoms. The van der Waals surface area contributed by atoms with Crippen LogP contribution in [0.15, 0.2) is 75.4 Å². The van der Waals surface area contributed by atoms with Crippen LogP contribution in [-0.2, 0) is 22.7 Å². The van der Waals surface area contributed by atoms with Crippen LogP contribution in [0.5, 0.6) is 0 Å². The van der Waals surface area contributed by atoms with Crippen molar-refractivity contribution < 1.29 is 14.7 Å². The van der Waals surface area contributed by atoms with Crippen molar-refractivity contribution in [2.75, 3.05) is 0 Å². The van der Waals surface area contributed by atoms with E-state index in [1.54, 1.807) is 24.3 Å². The number of hydrogen-bond donors (Lipinski definition) is 1. The lowest BCUT2D eigenvalue weighted by atomic mass is 9.78. The highest BCUT2D eigenvalue weighted by molar-refractivity contribution is 5.94. The first kappa shape index (κ1) is 19.3. The van der Waals surface area contributed by atoms with Gasteiger partial charge in [-0.05, 0) is 24.1 Å². The van der Waals surface area contributed by atoms with Crippen molar-refractivity contribution in [2.45, 2.75) is 43.9 Å². The average Bonchev–Trinajstić information content (AvgIpc) is 3.58. The van der Waals surface area contributed by atoms with E-state index in [4.69, 9.17) is 9.57 Å². The Bertz CT molecular complexity index is 1290. The number of rotatable bonds is 4. The molecule has 2 aromatic carbocycles. The molecule has 9 nitrogen and oxygen atoms in total. The van der Waals surface area contributed by atoms with Crippen molar-refractivity contribution in [1.82, 2.24) is 13.9 Å². The molecular weight excluding hydrogens is 412 g/mol. The third kappa shape index (κ3) is 2.89. The first-order valence-corrected chi connectivity index (χ1v) is 10.7. The molecule has 164 valence electrons. The number of epoxide rings is 1. The van der Waals surface area contributed by atoms with Crippen LogP contribution in [0.25, 0.3) is 5.69 Å². The molecule has 0 bridgehead atoms. The number of para-hydroxylation sites is 1. The number of fused-ring (bicyclic) bond motifs is 4. The van der Waals surface area contributed by atoms with Crippen molar-refractivity contribution in [1.29, 1.82) is 0 Å². The summed E-state index contributed by atoms with van der Waals surface area (Å²) in [6.07, 6.45) is -1.12. The largest absolute Gasteiger partial charge is 0.391 e. The topological polar surface area (TPSA) is 103 Å². The summed E-state index contributed by atoms with van der Waals surface area (Å²) in [4.78, 5) is 32.0. The highest BCUT2D eigenvalue weighted by Gasteiger charge is 2.61. The van der Waals surface area contributed by atoms with Crippen LogP contribution in [-0.4, -0.2) is 43.1 Å². The first-order chi connectivity index (χ1) is 15.6. The minimum atomic E-state index is -0.909. The molecule has 1 aromatic heterocycles. The van der Waals surface area contributed by atoms with Gasteiger partial charge in [-0.3, -0.25) is 0 Å². The standard InChI is InChI=1S/C23H22N4O5/c28-19-18-16(17(20-21(19)32-20)24-31-13-14-7-3-1-4-8-14)11-12-25-22(29)26(23(30)27(18)25)15-9-5-2-6-10-15/h1-10,16,18-21,28H,11-13H2/t16-,18-,19+,20-,21+/m1/s1. The molecule has 32 heavy (non-hydrogen) atoms. The Labute approximate surface area is 182 Å². The Balaban J connectivity index is 1.37. The number of aliphatic hydroxyl groups excluding tert-OH is 1. The maximum atomic E-state index is 13.3. The minimum absolute atomic E-state index is 0.256. The van der Waals surface area contributed by atoms with Gasteiger partial charge in [-0.2, -0.15) is 0 Å². The monoisotopic (exact) mass is 434 g/mol. The van der Waals surface area contributed by atoms with Gasteiger partial charge in [0.05, 0.1) is 17.4 Å². The van der Waals surface area contributed by atoms with Crippen molar-refractivity contribution in [3.05, 3.63) is 87.2 Å². The van der Waals surface area contributed by atoms with Crippen LogP contribution >= 0.6 is 0 Å². The lowest BCUT2D eigenvalue weighted by Crippen LogP contribution is -2.53. The summed E-state index contributed by atoms with van der Waals surface area (Å²) in [6.45, 7) is 0.660. The van der Waals surface area contributed by atoms with E-state index in [1.807, 2.05) is 36.4 Å². The number of aliphatic hydroxyl groups is 1. The molecule has 3 aromatic rings. The van der Waals surface area contributed by atoms with Crippen LogP contribution in [0.4, 0.5) is 0 Å². The third-order valence-electron chi connectivity index (χ3n) is 6.55. The maximum Gasteiger partial charge on any atom is 0.352 e. The quantitative estimate of drug-likeness (QED) is 0.489. The smallest absolute Gasteiger partial charge is 0.352 e. The molecule has 0 spiro atoms. The number of hydrogen-bond acceptors (Lipinski definition) is 6. The van der Waals surface area contributed by atoms with Crippen molar-refractivity contribution in [2.24, 2.45) is 11.1 Å². The van der Waals surface area contributed by atoms with E-state index >= 15 is 0 Å². The van der Waals surface area contributed by atoms with Crippen LogP contribution in [0.2, 0.25) is 0 Å². The second-order valence-electron chi connectivity index (χ2n) is 8.38. The molecule has 1 N–H and O–H groups in total. The molecule has 1 aliphatic carbocycles. The van der Waals surface area contributed by atoms with E-state index in [0.717, 1.165) is 10.1 Å². The van der Waals surface area contributed by atoms with Gasteiger partial charge in [0.15, 0.2) is 0 Å². The fraction of sp³-hybridized carbons (Fsp3) is 0.348. The average molecular weight is 434 g/mol. The van der Waals surface area contributed by atoms with Crippen LogP contribution < -0.4 is 11.4 Å². The maximum absolute atomic E-state index is 13.3. The van der Waals surface area contributed by atoms with Crippen LogP contribution in [0.1, 0.15) is 18.0 Å². The Hall–Kier alpha value is -3.43. The molecular formula is C23H22N4O5. The van der Waals surface area contributed by atoms with Crippen molar-refractivity contribution in [3.63, 3.8) is 0 Å². The molecule has 2 aliphatic heterocycles. The molecule has 0 radical (unpaired) electrons. The highest BCUT2D eigenvalue weighted by atomic mass is 16.6. The number of benzene rings is 2. The first-order valence-electron chi connectivity index (χ1n) is 10.7. The summed E-state index contributed by atoms with van der Waals surface area (Å²) in [5.74, 6) is -0.256. The molecule has 1 saturated carbocycles. The predicted molar refractivity (Wildman–Crippen MR) is 115 cm³/mol. The fourth-order valence-corrected chi connectivity index (χ4v) is 5.00.